The number of thiazole rings is 1. The van der Waals surface area contributed by atoms with Crippen LogP contribution in [-0.2, 0) is 10.0 Å². The number of carbonyl (C=O) groups excluding carboxylic acids is 1. The van der Waals surface area contributed by atoms with E-state index in [-0.39, 0.29) is 4.90 Å². The van der Waals surface area contributed by atoms with Crippen LogP contribution in [0.25, 0.3) is 22.2 Å². The molecule has 1 amide bonds. The molecule has 1 saturated heterocycles. The minimum absolute atomic E-state index is 0.167. The summed E-state index contributed by atoms with van der Waals surface area (Å²) in [5, 5.41) is 5.48. The van der Waals surface area contributed by atoms with Gasteiger partial charge in [0, 0.05) is 29.4 Å². The monoisotopic (exact) mass is 523 g/mol. The van der Waals surface area contributed by atoms with E-state index in [4.69, 9.17) is 4.42 Å². The van der Waals surface area contributed by atoms with Gasteiger partial charge in [0.25, 0.3) is 5.91 Å². The van der Waals surface area contributed by atoms with E-state index in [0.29, 0.717) is 52.5 Å². The molecule has 3 heterocycles. The van der Waals surface area contributed by atoms with Gasteiger partial charge in [-0.05, 0) is 54.7 Å². The zero-order valence-electron chi connectivity index (χ0n) is 19.8. The van der Waals surface area contributed by atoms with Gasteiger partial charge < -0.3 is 4.42 Å². The zero-order valence-corrected chi connectivity index (χ0v) is 21.4. The minimum Gasteiger partial charge on any atom is -0.422 e. The van der Waals surface area contributed by atoms with Crippen molar-refractivity contribution in [3.63, 3.8) is 0 Å². The van der Waals surface area contributed by atoms with Gasteiger partial charge >= 0.3 is 5.63 Å². The van der Waals surface area contributed by atoms with E-state index in [0.717, 1.165) is 11.8 Å². The standard InChI is InChI=1S/C26H25N3O5S2/c1-16-11-17(2)14-29(13-16)36(32,33)20-9-7-18(8-10-20)24(30)28-26-27-22(15-35-26)21-12-19-5-3-4-6-23(19)34-25(21)31/h3-10,12,15-17H,11,13-14H2,1-2H3,(H,27,28,30)/t16-,17-/m1/s1. The maximum absolute atomic E-state index is 13.1. The number of rotatable bonds is 5. The van der Waals surface area contributed by atoms with Crippen LogP contribution in [0.1, 0.15) is 30.6 Å². The highest BCUT2D eigenvalue weighted by Gasteiger charge is 2.31. The van der Waals surface area contributed by atoms with Crippen LogP contribution in [0.2, 0.25) is 0 Å². The Bertz CT molecular complexity index is 1580. The van der Waals surface area contributed by atoms with E-state index in [2.05, 4.69) is 24.1 Å². The van der Waals surface area contributed by atoms with Crippen molar-refractivity contribution in [3.05, 3.63) is 76.0 Å². The summed E-state index contributed by atoms with van der Waals surface area (Å²) in [4.78, 5) is 29.7. The van der Waals surface area contributed by atoms with Gasteiger partial charge in [0.05, 0.1) is 16.2 Å². The Morgan fingerprint density at radius 1 is 1.08 bits per heavy atom. The molecule has 36 heavy (non-hydrogen) atoms. The molecule has 0 unspecified atom stereocenters. The van der Waals surface area contributed by atoms with Gasteiger partial charge in [-0.2, -0.15) is 4.31 Å². The van der Waals surface area contributed by atoms with Crippen molar-refractivity contribution >= 4 is 43.4 Å². The lowest BCUT2D eigenvalue weighted by Crippen LogP contribution is -2.42. The fourth-order valence-corrected chi connectivity index (χ4v) is 6.98. The topological polar surface area (TPSA) is 110 Å². The van der Waals surface area contributed by atoms with Crippen molar-refractivity contribution in [2.24, 2.45) is 11.8 Å². The van der Waals surface area contributed by atoms with E-state index in [1.807, 2.05) is 12.1 Å². The Morgan fingerprint density at radius 2 is 1.78 bits per heavy atom. The lowest BCUT2D eigenvalue weighted by molar-refractivity contribution is 0.102. The smallest absolute Gasteiger partial charge is 0.345 e. The van der Waals surface area contributed by atoms with Crippen molar-refractivity contribution in [3.8, 4) is 11.3 Å². The zero-order chi connectivity index (χ0) is 25.4. The van der Waals surface area contributed by atoms with Gasteiger partial charge in [-0.25, -0.2) is 18.2 Å². The second kappa shape index (κ2) is 9.61. The predicted molar refractivity (Wildman–Crippen MR) is 140 cm³/mol. The molecular formula is C26H25N3O5S2. The molecule has 1 N–H and O–H groups in total. The molecule has 4 aromatic rings. The number of fused-ring (bicyclic) bond motifs is 1. The van der Waals surface area contributed by atoms with E-state index >= 15 is 0 Å². The SMILES string of the molecule is C[C@@H]1C[C@@H](C)CN(S(=O)(=O)c2ccc(C(=O)Nc3nc(-c4cc5ccccc5oc4=O)cs3)cc2)C1. The van der Waals surface area contributed by atoms with E-state index < -0.39 is 21.6 Å². The number of para-hydroxylation sites is 1. The first-order valence-corrected chi connectivity index (χ1v) is 13.9. The Balaban J connectivity index is 1.31. The first-order valence-electron chi connectivity index (χ1n) is 11.6. The molecule has 0 bridgehead atoms. The van der Waals surface area contributed by atoms with Crippen LogP contribution < -0.4 is 10.9 Å². The first kappa shape index (κ1) is 24.4. The number of amides is 1. The molecular weight excluding hydrogens is 498 g/mol. The number of carbonyl (C=O) groups is 1. The van der Waals surface area contributed by atoms with E-state index in [1.54, 1.807) is 23.6 Å². The lowest BCUT2D eigenvalue weighted by atomic mass is 9.94. The summed E-state index contributed by atoms with van der Waals surface area (Å²) in [6.07, 6.45) is 1.01. The van der Waals surface area contributed by atoms with Crippen LogP contribution in [-0.4, -0.2) is 36.7 Å². The summed E-state index contributed by atoms with van der Waals surface area (Å²) < 4.78 is 33.1. The molecule has 1 aliphatic heterocycles. The van der Waals surface area contributed by atoms with Crippen LogP contribution in [0.4, 0.5) is 5.13 Å². The molecule has 1 aliphatic rings. The van der Waals surface area contributed by atoms with Crippen LogP contribution >= 0.6 is 11.3 Å². The molecule has 2 aromatic heterocycles. The van der Waals surface area contributed by atoms with Crippen molar-refractivity contribution in [2.75, 3.05) is 18.4 Å². The molecule has 0 spiro atoms. The highest BCUT2D eigenvalue weighted by Crippen LogP contribution is 2.28. The number of benzene rings is 2. The fraction of sp³-hybridized carbons (Fsp3) is 0.269. The minimum atomic E-state index is -3.62. The van der Waals surface area contributed by atoms with Gasteiger partial charge in [0.1, 0.15) is 5.58 Å². The van der Waals surface area contributed by atoms with Crippen molar-refractivity contribution in [2.45, 2.75) is 25.2 Å². The number of nitrogens with one attached hydrogen (secondary N) is 1. The average Bonchev–Trinajstić information content (AvgIpc) is 3.31. The van der Waals surface area contributed by atoms with Crippen molar-refractivity contribution < 1.29 is 17.6 Å². The third-order valence-electron chi connectivity index (χ3n) is 6.23. The van der Waals surface area contributed by atoms with Gasteiger partial charge in [-0.15, -0.1) is 11.3 Å². The number of nitrogens with zero attached hydrogens (tertiary/aromatic N) is 2. The number of anilines is 1. The summed E-state index contributed by atoms with van der Waals surface area (Å²) in [5.41, 5.74) is 0.995. The van der Waals surface area contributed by atoms with Crippen LogP contribution in [0.15, 0.2) is 74.1 Å². The third kappa shape index (κ3) is 4.84. The average molecular weight is 524 g/mol. The highest BCUT2D eigenvalue weighted by molar-refractivity contribution is 7.89. The highest BCUT2D eigenvalue weighted by atomic mass is 32.2. The molecule has 0 saturated carbocycles. The Kier molecular flexibility index (Phi) is 6.50. The predicted octanol–water partition coefficient (Wildman–Crippen LogP) is 4.84. The number of hydrogen-bond donors (Lipinski definition) is 1. The van der Waals surface area contributed by atoms with Gasteiger partial charge in [-0.3, -0.25) is 10.1 Å². The molecule has 1 fully saturated rings. The molecule has 0 radical (unpaired) electrons. The number of sulfonamides is 1. The van der Waals surface area contributed by atoms with Crippen LogP contribution in [0.3, 0.4) is 0 Å². The normalized spacial score (nSPS) is 18.8. The summed E-state index contributed by atoms with van der Waals surface area (Å²) >= 11 is 1.18. The molecule has 2 aromatic carbocycles. The van der Waals surface area contributed by atoms with Gasteiger partial charge in [0.15, 0.2) is 5.13 Å². The summed E-state index contributed by atoms with van der Waals surface area (Å²) in [6.45, 7) is 5.11. The maximum atomic E-state index is 13.1. The van der Waals surface area contributed by atoms with Gasteiger partial charge in [-0.1, -0.05) is 32.0 Å². The largest absolute Gasteiger partial charge is 0.422 e. The van der Waals surface area contributed by atoms with Gasteiger partial charge in [0.2, 0.25) is 10.0 Å². The summed E-state index contributed by atoms with van der Waals surface area (Å²) in [7, 11) is -3.62. The molecule has 186 valence electrons. The number of aromatic nitrogens is 1. The lowest BCUT2D eigenvalue weighted by Gasteiger charge is -2.34. The van der Waals surface area contributed by atoms with E-state index in [9.17, 15) is 18.0 Å². The number of hydrogen-bond acceptors (Lipinski definition) is 7. The second-order valence-corrected chi connectivity index (χ2v) is 12.1. The third-order valence-corrected chi connectivity index (χ3v) is 8.84. The summed E-state index contributed by atoms with van der Waals surface area (Å²) in [5.74, 6) is 0.182. The molecule has 5 rings (SSSR count). The summed E-state index contributed by atoms with van der Waals surface area (Å²) in [6, 6.07) is 14.8. The second-order valence-electron chi connectivity index (χ2n) is 9.27. The van der Waals surface area contributed by atoms with Crippen LogP contribution in [0.5, 0.6) is 0 Å². The molecule has 2 atom stereocenters. The molecule has 10 heteroatoms. The quantitative estimate of drug-likeness (QED) is 0.375. The Labute approximate surface area is 212 Å². The molecule has 8 nitrogen and oxygen atoms in total. The Hall–Kier alpha value is -3.34. The number of piperidine rings is 1. The van der Waals surface area contributed by atoms with Crippen LogP contribution in [0, 0.1) is 11.8 Å². The van der Waals surface area contributed by atoms with Crippen molar-refractivity contribution in [1.82, 2.24) is 9.29 Å². The Morgan fingerprint density at radius 3 is 2.50 bits per heavy atom. The fourth-order valence-electron chi connectivity index (χ4n) is 4.59. The van der Waals surface area contributed by atoms with Crippen molar-refractivity contribution in [1.29, 1.82) is 0 Å². The molecule has 0 aliphatic carbocycles. The first-order chi connectivity index (χ1) is 17.2. The van der Waals surface area contributed by atoms with E-state index in [1.165, 1.54) is 39.9 Å². The maximum Gasteiger partial charge on any atom is 0.345 e.